The molecule has 33 heavy (non-hydrogen) atoms. The van der Waals surface area contributed by atoms with Crippen molar-refractivity contribution in [1.82, 2.24) is 4.72 Å². The van der Waals surface area contributed by atoms with Gasteiger partial charge in [0.1, 0.15) is 0 Å². The van der Waals surface area contributed by atoms with Crippen LogP contribution in [-0.4, -0.2) is 42.4 Å². The molecule has 0 aliphatic carbocycles. The van der Waals surface area contributed by atoms with Crippen LogP contribution in [0.4, 0.5) is 4.79 Å². The van der Waals surface area contributed by atoms with Gasteiger partial charge in [-0.15, -0.1) is 11.8 Å². The molecule has 2 atom stereocenters. The minimum absolute atomic E-state index is 0.112. The number of halogens is 1. The molecule has 0 radical (unpaired) electrons. The molecule has 0 saturated carbocycles. The first-order valence-corrected chi connectivity index (χ1v) is 17.1. The molecular formula is C24H49IN2O4S2. The number of carbonyl (C=O) groups excluding carboxylic acids is 1. The molecule has 0 saturated heterocycles. The maximum Gasteiger partial charge on any atom is 0.404 e. The minimum Gasteiger partial charge on any atom is -0.449 e. The topological polar surface area (TPSA) is 98.5 Å². The number of thioether (sulfide) groups is 1. The smallest absolute Gasteiger partial charge is 0.404 e. The van der Waals surface area contributed by atoms with Gasteiger partial charge in [0, 0.05) is 10.3 Å². The molecule has 0 rings (SSSR count). The van der Waals surface area contributed by atoms with Crippen molar-refractivity contribution in [2.45, 2.75) is 116 Å². The van der Waals surface area contributed by atoms with Crippen LogP contribution in [0.3, 0.4) is 0 Å². The molecule has 0 aliphatic heterocycles. The summed E-state index contributed by atoms with van der Waals surface area (Å²) in [5.74, 6) is 0.858. The van der Waals surface area contributed by atoms with Gasteiger partial charge in [0.15, 0.2) is 0 Å². The first-order chi connectivity index (χ1) is 15.8. The Balaban J connectivity index is 3.96. The highest BCUT2D eigenvalue weighted by atomic mass is 127. The number of alkyl halides is 1. The van der Waals surface area contributed by atoms with Gasteiger partial charge in [-0.1, -0.05) is 120 Å². The average molecular weight is 621 g/mol. The van der Waals surface area contributed by atoms with E-state index in [-0.39, 0.29) is 23.7 Å². The van der Waals surface area contributed by atoms with Gasteiger partial charge < -0.3 is 10.5 Å². The number of unbranched alkanes of at least 4 members (excludes halogenated alkanes) is 13. The molecule has 0 bridgehead atoms. The number of hydrogen-bond acceptors (Lipinski definition) is 5. The van der Waals surface area contributed by atoms with Gasteiger partial charge in [0.2, 0.25) is 10.0 Å². The Morgan fingerprint density at radius 3 is 1.85 bits per heavy atom. The molecule has 0 aromatic carbocycles. The molecule has 0 aliphatic rings. The van der Waals surface area contributed by atoms with Crippen LogP contribution in [0, 0.1) is 5.92 Å². The molecule has 1 amide bonds. The predicted octanol–water partition coefficient (Wildman–Crippen LogP) is 7.00. The molecule has 198 valence electrons. The van der Waals surface area contributed by atoms with Crippen molar-refractivity contribution in [2.24, 2.45) is 11.7 Å². The van der Waals surface area contributed by atoms with E-state index in [0.717, 1.165) is 16.6 Å². The Bertz CT molecular complexity index is 565. The minimum atomic E-state index is -3.34. The first-order valence-electron chi connectivity index (χ1n) is 12.9. The van der Waals surface area contributed by atoms with E-state index in [1.165, 1.54) is 83.5 Å². The van der Waals surface area contributed by atoms with Gasteiger partial charge in [0.25, 0.3) is 0 Å². The quantitative estimate of drug-likeness (QED) is 0.0524. The third kappa shape index (κ3) is 22.5. The fraction of sp³-hybridized carbons (Fsp3) is 0.958. The van der Waals surface area contributed by atoms with Crippen LogP contribution >= 0.6 is 34.4 Å². The molecular weight excluding hydrogens is 571 g/mol. The van der Waals surface area contributed by atoms with Crippen molar-refractivity contribution in [2.75, 3.05) is 22.5 Å². The molecule has 6 nitrogen and oxygen atoms in total. The summed E-state index contributed by atoms with van der Waals surface area (Å²) in [6.07, 6.45) is 18.3. The normalized spacial score (nSPS) is 13.7. The Kier molecular flexibility index (Phi) is 22.9. The summed E-state index contributed by atoms with van der Waals surface area (Å²) >= 11 is 3.78. The zero-order chi connectivity index (χ0) is 24.8. The Morgan fingerprint density at radius 2 is 1.39 bits per heavy atom. The lowest BCUT2D eigenvalue weighted by molar-refractivity contribution is 0.138. The highest BCUT2D eigenvalue weighted by Gasteiger charge is 2.24. The number of carbonyl (C=O) groups is 1. The average Bonchev–Trinajstić information content (AvgIpc) is 2.77. The third-order valence-electron chi connectivity index (χ3n) is 5.64. The lowest BCUT2D eigenvalue weighted by atomic mass is 10.0. The second-order valence-electron chi connectivity index (χ2n) is 8.97. The van der Waals surface area contributed by atoms with Crippen molar-refractivity contribution in [1.29, 1.82) is 0 Å². The van der Waals surface area contributed by atoms with Crippen LogP contribution in [0.25, 0.3) is 0 Å². The van der Waals surface area contributed by atoms with Crippen LogP contribution in [0.15, 0.2) is 0 Å². The predicted molar refractivity (Wildman–Crippen MR) is 152 cm³/mol. The summed E-state index contributed by atoms with van der Waals surface area (Å²) in [6.45, 7) is 4.26. The number of ether oxygens (including phenoxy) is 1. The molecule has 2 unspecified atom stereocenters. The van der Waals surface area contributed by atoms with E-state index < -0.39 is 16.1 Å². The van der Waals surface area contributed by atoms with Crippen molar-refractivity contribution < 1.29 is 17.9 Å². The van der Waals surface area contributed by atoms with E-state index in [0.29, 0.717) is 6.42 Å². The maximum atomic E-state index is 12.3. The summed E-state index contributed by atoms with van der Waals surface area (Å²) in [7, 11) is -3.34. The number of hydrogen-bond donors (Lipinski definition) is 2. The maximum absolute atomic E-state index is 12.3. The highest BCUT2D eigenvalue weighted by Crippen LogP contribution is 2.21. The summed E-state index contributed by atoms with van der Waals surface area (Å²) in [5, 5.41) is -0.314. The fourth-order valence-corrected chi connectivity index (χ4v) is 7.47. The van der Waals surface area contributed by atoms with Crippen LogP contribution in [0.1, 0.15) is 110 Å². The van der Waals surface area contributed by atoms with E-state index >= 15 is 0 Å². The van der Waals surface area contributed by atoms with Gasteiger partial charge in [-0.3, -0.25) is 0 Å². The van der Waals surface area contributed by atoms with Gasteiger partial charge in [-0.05, 0) is 18.6 Å². The van der Waals surface area contributed by atoms with Crippen LogP contribution in [-0.2, 0) is 14.8 Å². The lowest BCUT2D eigenvalue weighted by Crippen LogP contribution is -2.40. The second kappa shape index (κ2) is 22.7. The number of rotatable bonds is 24. The first kappa shape index (κ1) is 33.3. The van der Waals surface area contributed by atoms with Gasteiger partial charge >= 0.3 is 6.09 Å². The molecule has 3 N–H and O–H groups in total. The Morgan fingerprint density at radius 1 is 0.909 bits per heavy atom. The zero-order valence-electron chi connectivity index (χ0n) is 21.0. The van der Waals surface area contributed by atoms with Gasteiger partial charge in [0.05, 0.1) is 17.7 Å². The van der Waals surface area contributed by atoms with Crippen LogP contribution < -0.4 is 10.5 Å². The summed E-state index contributed by atoms with van der Waals surface area (Å²) in [4.78, 5) is 10.9. The molecule has 0 aromatic rings. The number of amides is 1. The van der Waals surface area contributed by atoms with Crippen LogP contribution in [0.2, 0.25) is 0 Å². The van der Waals surface area contributed by atoms with Gasteiger partial charge in [-0.2, -0.15) is 0 Å². The summed E-state index contributed by atoms with van der Waals surface area (Å²) in [5.41, 5.74) is 5.06. The Labute approximate surface area is 221 Å². The zero-order valence-corrected chi connectivity index (χ0v) is 24.8. The lowest BCUT2D eigenvalue weighted by Gasteiger charge is -2.24. The van der Waals surface area contributed by atoms with E-state index in [1.807, 2.05) is 6.92 Å². The molecule has 9 heteroatoms. The van der Waals surface area contributed by atoms with E-state index in [2.05, 4.69) is 34.2 Å². The molecule has 0 spiro atoms. The monoisotopic (exact) mass is 620 g/mol. The standard InChI is InChI=1S/C24H49IN2O4S2/c1-3-4-5-6-7-8-9-10-11-12-13-14-15-16-19-32-23(22(2)21-31-24(26)28)27-33(29,30)20-17-18-25/h22-23,27H,3-21H2,1-2H3,(H2,26,28). The van der Waals surface area contributed by atoms with Crippen LogP contribution in [0.5, 0.6) is 0 Å². The molecule has 0 aromatic heterocycles. The highest BCUT2D eigenvalue weighted by molar-refractivity contribution is 14.1. The number of sulfonamides is 1. The summed E-state index contributed by atoms with van der Waals surface area (Å²) in [6, 6.07) is 0. The summed E-state index contributed by atoms with van der Waals surface area (Å²) < 4.78 is 33.2. The second-order valence-corrected chi connectivity index (χ2v) is 13.2. The third-order valence-corrected chi connectivity index (χ3v) is 9.46. The largest absolute Gasteiger partial charge is 0.449 e. The molecule has 0 heterocycles. The fourth-order valence-electron chi connectivity index (χ4n) is 3.60. The number of primary amides is 1. The number of nitrogens with one attached hydrogen (secondary N) is 1. The van der Waals surface area contributed by atoms with Gasteiger partial charge in [-0.25, -0.2) is 17.9 Å². The Hall–Kier alpha value is 0.260. The number of nitrogens with two attached hydrogens (primary N) is 1. The van der Waals surface area contributed by atoms with Crippen molar-refractivity contribution in [3.05, 3.63) is 0 Å². The van der Waals surface area contributed by atoms with Crippen molar-refractivity contribution in [3.63, 3.8) is 0 Å². The van der Waals surface area contributed by atoms with Crippen molar-refractivity contribution >= 4 is 50.5 Å². The molecule has 0 fully saturated rings. The van der Waals surface area contributed by atoms with E-state index in [4.69, 9.17) is 10.5 Å². The SMILES string of the molecule is CCCCCCCCCCCCCCCCSC(NS(=O)(=O)CCCI)C(C)COC(N)=O. The van der Waals surface area contributed by atoms with E-state index in [9.17, 15) is 13.2 Å². The van der Waals surface area contributed by atoms with Crippen molar-refractivity contribution in [3.8, 4) is 0 Å². The van der Waals surface area contributed by atoms with E-state index in [1.54, 1.807) is 11.8 Å².